The second-order valence-corrected chi connectivity index (χ2v) is 6.70. The van der Waals surface area contributed by atoms with E-state index in [0.717, 1.165) is 12.0 Å². The Kier molecular flexibility index (Phi) is 7.89. The Morgan fingerprint density at radius 3 is 2.35 bits per heavy atom. The SMILES string of the molecule is CC(C)(C)OC(=O)NCCCC(=O)NCCc1ccc(Cl)cc1. The molecule has 0 aliphatic rings. The molecule has 1 aromatic carbocycles. The van der Waals surface area contributed by atoms with Crippen molar-refractivity contribution in [3.63, 3.8) is 0 Å². The number of alkyl carbamates (subject to hydrolysis) is 1. The molecule has 0 fully saturated rings. The van der Waals surface area contributed by atoms with Crippen LogP contribution in [0.5, 0.6) is 0 Å². The van der Waals surface area contributed by atoms with Gasteiger partial charge in [0.2, 0.25) is 5.91 Å². The van der Waals surface area contributed by atoms with Gasteiger partial charge in [-0.2, -0.15) is 0 Å². The van der Waals surface area contributed by atoms with Crippen molar-refractivity contribution in [2.45, 2.75) is 45.6 Å². The summed E-state index contributed by atoms with van der Waals surface area (Å²) in [5, 5.41) is 6.19. The third-order valence-electron chi connectivity index (χ3n) is 2.90. The molecule has 128 valence electrons. The van der Waals surface area contributed by atoms with Gasteiger partial charge in [-0.05, 0) is 51.3 Å². The standard InChI is InChI=1S/C17H25ClN2O3/c1-17(2,3)23-16(22)20-11-4-5-15(21)19-12-10-13-6-8-14(18)9-7-13/h6-9H,4-5,10-12H2,1-3H3,(H,19,21)(H,20,22). The molecule has 0 radical (unpaired) electrons. The zero-order chi connectivity index (χ0) is 17.3. The third-order valence-corrected chi connectivity index (χ3v) is 3.15. The van der Waals surface area contributed by atoms with E-state index >= 15 is 0 Å². The summed E-state index contributed by atoms with van der Waals surface area (Å²) in [4.78, 5) is 23.1. The van der Waals surface area contributed by atoms with Gasteiger partial charge in [0.25, 0.3) is 0 Å². The number of carbonyl (C=O) groups is 2. The lowest BCUT2D eigenvalue weighted by Gasteiger charge is -2.19. The second-order valence-electron chi connectivity index (χ2n) is 6.26. The normalized spacial score (nSPS) is 11.0. The van der Waals surface area contributed by atoms with Crippen molar-refractivity contribution in [1.29, 1.82) is 0 Å². The van der Waals surface area contributed by atoms with Crippen LogP contribution in [-0.4, -0.2) is 30.7 Å². The first kappa shape index (κ1) is 19.3. The van der Waals surface area contributed by atoms with Crippen LogP contribution in [0.1, 0.15) is 39.2 Å². The Labute approximate surface area is 142 Å². The summed E-state index contributed by atoms with van der Waals surface area (Å²) in [6.07, 6.45) is 1.25. The van der Waals surface area contributed by atoms with Crippen LogP contribution in [-0.2, 0) is 16.0 Å². The summed E-state index contributed by atoms with van der Waals surface area (Å²) in [6.45, 7) is 6.42. The Balaban J connectivity index is 2.08. The Hall–Kier alpha value is -1.75. The number of ether oxygens (including phenoxy) is 1. The van der Waals surface area contributed by atoms with E-state index in [9.17, 15) is 9.59 Å². The first-order chi connectivity index (χ1) is 10.8. The van der Waals surface area contributed by atoms with Crippen LogP contribution in [0.25, 0.3) is 0 Å². The molecule has 5 nitrogen and oxygen atoms in total. The van der Waals surface area contributed by atoms with Gasteiger partial charge in [-0.15, -0.1) is 0 Å². The molecule has 23 heavy (non-hydrogen) atoms. The predicted molar refractivity (Wildman–Crippen MR) is 91.6 cm³/mol. The molecule has 0 atom stereocenters. The molecule has 2 N–H and O–H groups in total. The largest absolute Gasteiger partial charge is 0.444 e. The number of halogens is 1. The zero-order valence-corrected chi connectivity index (χ0v) is 14.7. The molecule has 6 heteroatoms. The van der Waals surface area contributed by atoms with E-state index in [-0.39, 0.29) is 5.91 Å². The minimum Gasteiger partial charge on any atom is -0.444 e. The summed E-state index contributed by atoms with van der Waals surface area (Å²) in [5.41, 5.74) is 0.615. The molecule has 0 aromatic heterocycles. The van der Waals surface area contributed by atoms with Crippen LogP contribution in [0.2, 0.25) is 5.02 Å². The van der Waals surface area contributed by atoms with Gasteiger partial charge >= 0.3 is 6.09 Å². The third kappa shape index (κ3) is 9.79. The molecule has 1 rings (SSSR count). The highest BCUT2D eigenvalue weighted by molar-refractivity contribution is 6.30. The molecule has 0 aliphatic carbocycles. The molecule has 0 saturated carbocycles. The van der Waals surface area contributed by atoms with Gasteiger partial charge in [0.15, 0.2) is 0 Å². The van der Waals surface area contributed by atoms with Gasteiger partial charge in [-0.1, -0.05) is 23.7 Å². The number of amides is 2. The maximum absolute atomic E-state index is 11.7. The van der Waals surface area contributed by atoms with Crippen molar-refractivity contribution >= 4 is 23.6 Å². The summed E-state index contributed by atoms with van der Waals surface area (Å²) in [5.74, 6) is -0.0232. The zero-order valence-electron chi connectivity index (χ0n) is 13.9. The Morgan fingerprint density at radius 1 is 1.09 bits per heavy atom. The maximum atomic E-state index is 11.7. The molecule has 0 unspecified atom stereocenters. The lowest BCUT2D eigenvalue weighted by atomic mass is 10.1. The first-order valence-corrected chi connectivity index (χ1v) is 8.12. The summed E-state index contributed by atoms with van der Waals surface area (Å²) in [7, 11) is 0. The number of benzene rings is 1. The van der Waals surface area contributed by atoms with Crippen molar-refractivity contribution in [3.05, 3.63) is 34.9 Å². The van der Waals surface area contributed by atoms with Crippen molar-refractivity contribution in [1.82, 2.24) is 10.6 Å². The number of hydrogen-bond acceptors (Lipinski definition) is 3. The average Bonchev–Trinajstić information content (AvgIpc) is 2.44. The molecular weight excluding hydrogens is 316 g/mol. The smallest absolute Gasteiger partial charge is 0.407 e. The Morgan fingerprint density at radius 2 is 1.74 bits per heavy atom. The van der Waals surface area contributed by atoms with Gasteiger partial charge in [0, 0.05) is 24.5 Å². The van der Waals surface area contributed by atoms with E-state index in [1.54, 1.807) is 20.8 Å². The van der Waals surface area contributed by atoms with Gasteiger partial charge in [-0.25, -0.2) is 4.79 Å². The number of nitrogens with one attached hydrogen (secondary N) is 2. The monoisotopic (exact) mass is 340 g/mol. The summed E-state index contributed by atoms with van der Waals surface area (Å²) in [6, 6.07) is 7.56. The van der Waals surface area contributed by atoms with Gasteiger partial charge < -0.3 is 15.4 Å². The molecule has 2 amide bonds. The lowest BCUT2D eigenvalue weighted by molar-refractivity contribution is -0.121. The molecule has 0 aliphatic heterocycles. The fraction of sp³-hybridized carbons (Fsp3) is 0.529. The van der Waals surface area contributed by atoms with Crippen LogP contribution in [0.4, 0.5) is 4.79 Å². The topological polar surface area (TPSA) is 67.4 Å². The minimum absolute atomic E-state index is 0.0232. The molecule has 1 aromatic rings. The van der Waals surface area contributed by atoms with Gasteiger partial charge in [-0.3, -0.25) is 4.79 Å². The molecule has 0 saturated heterocycles. The number of carbonyl (C=O) groups excluding carboxylic acids is 2. The number of rotatable bonds is 7. The highest BCUT2D eigenvalue weighted by Gasteiger charge is 2.15. The van der Waals surface area contributed by atoms with E-state index in [0.29, 0.717) is 31.0 Å². The van der Waals surface area contributed by atoms with E-state index in [2.05, 4.69) is 10.6 Å². The molecular formula is C17H25ClN2O3. The minimum atomic E-state index is -0.511. The van der Waals surface area contributed by atoms with Crippen molar-refractivity contribution in [2.75, 3.05) is 13.1 Å². The van der Waals surface area contributed by atoms with E-state index < -0.39 is 11.7 Å². The fourth-order valence-electron chi connectivity index (χ4n) is 1.84. The predicted octanol–water partition coefficient (Wildman–Crippen LogP) is 3.30. The highest BCUT2D eigenvalue weighted by atomic mass is 35.5. The average molecular weight is 341 g/mol. The van der Waals surface area contributed by atoms with Crippen LogP contribution < -0.4 is 10.6 Å². The summed E-state index contributed by atoms with van der Waals surface area (Å²) < 4.78 is 5.11. The lowest BCUT2D eigenvalue weighted by Crippen LogP contribution is -2.33. The van der Waals surface area contributed by atoms with Gasteiger partial charge in [0.05, 0.1) is 0 Å². The molecule has 0 bridgehead atoms. The van der Waals surface area contributed by atoms with Crippen molar-refractivity contribution in [2.24, 2.45) is 0 Å². The van der Waals surface area contributed by atoms with Gasteiger partial charge in [0.1, 0.15) is 5.60 Å². The van der Waals surface area contributed by atoms with Crippen molar-refractivity contribution < 1.29 is 14.3 Å². The van der Waals surface area contributed by atoms with Crippen LogP contribution in [0.3, 0.4) is 0 Å². The summed E-state index contributed by atoms with van der Waals surface area (Å²) >= 11 is 5.82. The van der Waals surface area contributed by atoms with E-state index in [1.807, 2.05) is 24.3 Å². The quantitative estimate of drug-likeness (QED) is 0.748. The Bertz CT molecular complexity index is 510. The molecule has 0 heterocycles. The van der Waals surface area contributed by atoms with Crippen LogP contribution >= 0.6 is 11.6 Å². The van der Waals surface area contributed by atoms with Crippen LogP contribution in [0.15, 0.2) is 24.3 Å². The maximum Gasteiger partial charge on any atom is 0.407 e. The molecule has 0 spiro atoms. The van der Waals surface area contributed by atoms with E-state index in [4.69, 9.17) is 16.3 Å². The number of hydrogen-bond donors (Lipinski definition) is 2. The first-order valence-electron chi connectivity index (χ1n) is 7.74. The fourth-order valence-corrected chi connectivity index (χ4v) is 1.97. The van der Waals surface area contributed by atoms with E-state index in [1.165, 1.54) is 0 Å². The van der Waals surface area contributed by atoms with Crippen molar-refractivity contribution in [3.8, 4) is 0 Å². The second kappa shape index (κ2) is 9.40. The van der Waals surface area contributed by atoms with Crippen LogP contribution in [0, 0.1) is 0 Å². The highest BCUT2D eigenvalue weighted by Crippen LogP contribution is 2.09.